The Balaban J connectivity index is 2.93. The summed E-state index contributed by atoms with van der Waals surface area (Å²) < 4.78 is 0. The van der Waals surface area contributed by atoms with E-state index in [1.165, 1.54) is 0 Å². The Bertz CT molecular complexity index is 306. The maximum Gasteiger partial charge on any atom is 0.0653 e. The fourth-order valence-electron chi connectivity index (χ4n) is 0.809. The van der Waals surface area contributed by atoms with Gasteiger partial charge >= 0.3 is 0 Å². The molecule has 0 spiro atoms. The maximum absolute atomic E-state index is 5.65. The SMILES string of the molecule is C#Cc1ccc([C@H](N)C=C)nc1. The summed E-state index contributed by atoms with van der Waals surface area (Å²) in [6.07, 6.45) is 8.43. The van der Waals surface area contributed by atoms with Crippen LogP contribution in [-0.2, 0) is 0 Å². The van der Waals surface area contributed by atoms with Gasteiger partial charge in [-0.05, 0) is 12.1 Å². The molecule has 1 heterocycles. The molecule has 1 aromatic heterocycles. The largest absolute Gasteiger partial charge is 0.319 e. The van der Waals surface area contributed by atoms with E-state index >= 15 is 0 Å². The van der Waals surface area contributed by atoms with Crippen LogP contribution in [-0.4, -0.2) is 4.98 Å². The van der Waals surface area contributed by atoms with Crippen molar-refractivity contribution in [3.05, 3.63) is 42.2 Å². The van der Waals surface area contributed by atoms with Crippen LogP contribution < -0.4 is 5.73 Å². The molecule has 1 aromatic rings. The number of hydrogen-bond acceptors (Lipinski definition) is 2. The van der Waals surface area contributed by atoms with Gasteiger partial charge in [0.1, 0.15) is 0 Å². The van der Waals surface area contributed by atoms with E-state index in [9.17, 15) is 0 Å². The van der Waals surface area contributed by atoms with E-state index in [4.69, 9.17) is 12.2 Å². The zero-order valence-corrected chi connectivity index (χ0v) is 6.70. The van der Waals surface area contributed by atoms with E-state index in [1.54, 1.807) is 12.3 Å². The monoisotopic (exact) mass is 158 g/mol. The van der Waals surface area contributed by atoms with Crippen molar-refractivity contribution < 1.29 is 0 Å². The summed E-state index contributed by atoms with van der Waals surface area (Å²) in [5, 5.41) is 0. The van der Waals surface area contributed by atoms with Gasteiger partial charge in [0, 0.05) is 11.8 Å². The van der Waals surface area contributed by atoms with Crippen LogP contribution in [0.2, 0.25) is 0 Å². The van der Waals surface area contributed by atoms with Crippen LogP contribution >= 0.6 is 0 Å². The molecule has 0 aliphatic carbocycles. The van der Waals surface area contributed by atoms with Gasteiger partial charge in [-0.2, -0.15) is 0 Å². The first-order chi connectivity index (χ1) is 5.77. The summed E-state index contributed by atoms with van der Waals surface area (Å²) in [5.74, 6) is 2.48. The van der Waals surface area contributed by atoms with Crippen LogP contribution in [0.25, 0.3) is 0 Å². The summed E-state index contributed by atoms with van der Waals surface area (Å²) in [6, 6.07) is 3.41. The molecule has 0 aliphatic heterocycles. The zero-order chi connectivity index (χ0) is 8.97. The Morgan fingerprint density at radius 1 is 1.67 bits per heavy atom. The number of nitrogens with zero attached hydrogens (tertiary/aromatic N) is 1. The standard InChI is InChI=1S/C10H10N2/c1-3-8-5-6-10(12-7-8)9(11)4-2/h1,4-7,9H,2,11H2/t9-/m1/s1. The van der Waals surface area contributed by atoms with Crippen LogP contribution in [0.15, 0.2) is 31.0 Å². The molecule has 12 heavy (non-hydrogen) atoms. The van der Waals surface area contributed by atoms with E-state index in [-0.39, 0.29) is 6.04 Å². The van der Waals surface area contributed by atoms with Crippen molar-refractivity contribution in [3.8, 4) is 12.3 Å². The fourth-order valence-corrected chi connectivity index (χ4v) is 0.809. The van der Waals surface area contributed by atoms with Gasteiger partial charge in [0.25, 0.3) is 0 Å². The first-order valence-corrected chi connectivity index (χ1v) is 3.58. The summed E-state index contributed by atoms with van der Waals surface area (Å²) >= 11 is 0. The predicted octanol–water partition coefficient (Wildman–Crippen LogP) is 1.25. The summed E-state index contributed by atoms with van der Waals surface area (Å²) in [4.78, 5) is 4.08. The third-order valence-electron chi connectivity index (χ3n) is 1.55. The summed E-state index contributed by atoms with van der Waals surface area (Å²) in [7, 11) is 0. The number of rotatable bonds is 2. The van der Waals surface area contributed by atoms with Crippen LogP contribution in [0, 0.1) is 12.3 Å². The molecule has 0 saturated carbocycles. The molecule has 2 heteroatoms. The number of aromatic nitrogens is 1. The molecule has 0 unspecified atom stereocenters. The van der Waals surface area contributed by atoms with Gasteiger partial charge in [0.05, 0.1) is 11.7 Å². The van der Waals surface area contributed by atoms with Gasteiger partial charge in [-0.3, -0.25) is 4.98 Å². The van der Waals surface area contributed by atoms with Crippen LogP contribution in [0.1, 0.15) is 17.3 Å². The number of nitrogens with two attached hydrogens (primary N) is 1. The fraction of sp³-hybridized carbons (Fsp3) is 0.100. The average molecular weight is 158 g/mol. The molecule has 0 radical (unpaired) electrons. The lowest BCUT2D eigenvalue weighted by Gasteiger charge is -2.03. The van der Waals surface area contributed by atoms with E-state index in [0.29, 0.717) is 0 Å². The highest BCUT2D eigenvalue weighted by atomic mass is 14.8. The Kier molecular flexibility index (Phi) is 2.62. The van der Waals surface area contributed by atoms with Gasteiger partial charge in [-0.1, -0.05) is 12.0 Å². The second kappa shape index (κ2) is 3.70. The van der Waals surface area contributed by atoms with Crippen molar-refractivity contribution in [2.75, 3.05) is 0 Å². The lowest BCUT2D eigenvalue weighted by Crippen LogP contribution is -2.08. The van der Waals surface area contributed by atoms with Gasteiger partial charge in [0.15, 0.2) is 0 Å². The third-order valence-corrected chi connectivity index (χ3v) is 1.55. The van der Waals surface area contributed by atoms with Gasteiger partial charge < -0.3 is 5.73 Å². The summed E-state index contributed by atoms with van der Waals surface area (Å²) in [6.45, 7) is 3.57. The lowest BCUT2D eigenvalue weighted by molar-refractivity contribution is 0.863. The van der Waals surface area contributed by atoms with Gasteiger partial charge in [0.2, 0.25) is 0 Å². The maximum atomic E-state index is 5.65. The predicted molar refractivity (Wildman–Crippen MR) is 49.3 cm³/mol. The Labute approximate surface area is 72.1 Å². The highest BCUT2D eigenvalue weighted by Crippen LogP contribution is 2.07. The lowest BCUT2D eigenvalue weighted by atomic mass is 10.2. The quantitative estimate of drug-likeness (QED) is 0.519. The first-order valence-electron chi connectivity index (χ1n) is 3.58. The Morgan fingerprint density at radius 2 is 2.42 bits per heavy atom. The highest BCUT2D eigenvalue weighted by molar-refractivity contribution is 5.30. The topological polar surface area (TPSA) is 38.9 Å². The molecule has 60 valence electrons. The molecule has 2 N–H and O–H groups in total. The minimum Gasteiger partial charge on any atom is -0.319 e. The number of hydrogen-bond donors (Lipinski definition) is 1. The average Bonchev–Trinajstić information content (AvgIpc) is 2.17. The van der Waals surface area contributed by atoms with Gasteiger partial charge in [-0.15, -0.1) is 13.0 Å². The van der Waals surface area contributed by atoms with Crippen molar-refractivity contribution in [1.82, 2.24) is 4.98 Å². The zero-order valence-electron chi connectivity index (χ0n) is 6.70. The van der Waals surface area contributed by atoms with Crippen LogP contribution in [0.3, 0.4) is 0 Å². The van der Waals surface area contributed by atoms with Crippen molar-refractivity contribution in [3.63, 3.8) is 0 Å². The van der Waals surface area contributed by atoms with Crippen molar-refractivity contribution in [2.45, 2.75) is 6.04 Å². The second-order valence-corrected chi connectivity index (χ2v) is 2.38. The molecule has 0 aliphatic rings. The van der Waals surface area contributed by atoms with Gasteiger partial charge in [-0.25, -0.2) is 0 Å². The minimum absolute atomic E-state index is 0.211. The minimum atomic E-state index is -0.211. The normalized spacial score (nSPS) is 11.7. The molecule has 0 bridgehead atoms. The number of terminal acetylenes is 1. The van der Waals surface area contributed by atoms with E-state index in [1.807, 2.05) is 12.1 Å². The Morgan fingerprint density at radius 3 is 2.83 bits per heavy atom. The van der Waals surface area contributed by atoms with Crippen molar-refractivity contribution in [1.29, 1.82) is 0 Å². The summed E-state index contributed by atoms with van der Waals surface area (Å²) in [5.41, 5.74) is 7.19. The number of pyridine rings is 1. The molecule has 1 rings (SSSR count). The second-order valence-electron chi connectivity index (χ2n) is 2.38. The smallest absolute Gasteiger partial charge is 0.0653 e. The highest BCUT2D eigenvalue weighted by Gasteiger charge is 2.00. The molecular weight excluding hydrogens is 148 g/mol. The molecular formula is C10H10N2. The molecule has 2 nitrogen and oxygen atoms in total. The Hall–Kier alpha value is -1.59. The van der Waals surface area contributed by atoms with Crippen molar-refractivity contribution >= 4 is 0 Å². The van der Waals surface area contributed by atoms with E-state index in [2.05, 4.69) is 17.5 Å². The third kappa shape index (κ3) is 1.71. The first kappa shape index (κ1) is 8.51. The van der Waals surface area contributed by atoms with E-state index in [0.717, 1.165) is 11.3 Å². The van der Waals surface area contributed by atoms with E-state index < -0.39 is 0 Å². The molecule has 0 fully saturated rings. The van der Waals surface area contributed by atoms with Crippen molar-refractivity contribution in [2.24, 2.45) is 5.73 Å². The molecule has 0 aromatic carbocycles. The van der Waals surface area contributed by atoms with Crippen LogP contribution in [0.4, 0.5) is 0 Å². The molecule has 0 saturated heterocycles. The molecule has 1 atom stereocenters. The van der Waals surface area contributed by atoms with Crippen LogP contribution in [0.5, 0.6) is 0 Å². The molecule has 0 amide bonds.